The number of nitrogens with zero attached hydrogens (tertiary/aromatic N) is 4. The molecule has 1 aromatic heterocycles. The van der Waals surface area contributed by atoms with Gasteiger partial charge in [0.2, 0.25) is 5.91 Å². The average Bonchev–Trinajstić information content (AvgIpc) is 3.09. The second kappa shape index (κ2) is 17.9. The lowest BCUT2D eigenvalue weighted by molar-refractivity contribution is -0.140. The lowest BCUT2D eigenvalue weighted by Gasteiger charge is -2.39. The van der Waals surface area contributed by atoms with Crippen LogP contribution in [-0.2, 0) is 26.7 Å². The molecule has 3 rings (SSSR count). The summed E-state index contributed by atoms with van der Waals surface area (Å²) in [5.74, 6) is -3.56. The summed E-state index contributed by atoms with van der Waals surface area (Å²) in [6.45, 7) is 10.5. The quantitative estimate of drug-likeness (QED) is 0.0739. The van der Waals surface area contributed by atoms with Crippen LogP contribution < -0.4 is 19.9 Å². The molecule has 304 valence electrons. The number of amides is 1. The maximum absolute atomic E-state index is 15.8. The molecule has 0 saturated heterocycles. The van der Waals surface area contributed by atoms with Crippen LogP contribution in [0.4, 0.5) is 46.5 Å². The van der Waals surface area contributed by atoms with E-state index in [-0.39, 0.29) is 48.6 Å². The Morgan fingerprint density at radius 1 is 1.00 bits per heavy atom. The van der Waals surface area contributed by atoms with Crippen molar-refractivity contribution < 1.29 is 54.2 Å². The molecule has 1 unspecified atom stereocenters. The van der Waals surface area contributed by atoms with Crippen molar-refractivity contribution in [3.05, 3.63) is 70.9 Å². The number of aromatic nitrogens is 1. The molecular weight excluding hydrogens is 774 g/mol. The Morgan fingerprint density at radius 2 is 1.64 bits per heavy atom. The van der Waals surface area contributed by atoms with Gasteiger partial charge in [0.25, 0.3) is 0 Å². The maximum atomic E-state index is 15.8. The van der Waals surface area contributed by atoms with Crippen LogP contribution in [0.2, 0.25) is 0 Å². The molecule has 0 aliphatic carbocycles. The van der Waals surface area contributed by atoms with Gasteiger partial charge in [0, 0.05) is 31.3 Å². The van der Waals surface area contributed by atoms with Gasteiger partial charge in [-0.3, -0.25) is 9.78 Å². The van der Waals surface area contributed by atoms with Crippen molar-refractivity contribution in [3.8, 4) is 23.1 Å². The van der Waals surface area contributed by atoms with Crippen LogP contribution in [-0.4, -0.2) is 60.7 Å². The second-order valence-electron chi connectivity index (χ2n) is 14.4. The van der Waals surface area contributed by atoms with Gasteiger partial charge in [-0.15, -0.1) is 0 Å². The molecule has 1 amide bonds. The number of alkyl halides is 6. The fourth-order valence-corrected chi connectivity index (χ4v) is 5.59. The summed E-state index contributed by atoms with van der Waals surface area (Å²) >= 11 is 5.43. The molecule has 3 aromatic rings. The molecule has 0 aliphatic rings. The number of carbonyl (C=O) groups excluding carboxylic acids is 2. The molecule has 1 N–H and O–H groups in total. The molecule has 18 heteroatoms. The number of benzene rings is 2. The number of rotatable bonds is 14. The van der Waals surface area contributed by atoms with Crippen molar-refractivity contribution in [2.45, 2.75) is 78.3 Å². The number of unbranched alkanes of at least 4 members (excludes halogenated alkanes) is 1. The Labute approximate surface area is 324 Å². The molecule has 56 heavy (non-hydrogen) atoms. The monoisotopic (exact) mass is 815 g/mol. The van der Waals surface area contributed by atoms with Crippen LogP contribution in [0, 0.1) is 28.4 Å². The van der Waals surface area contributed by atoms with Crippen LogP contribution in [0.5, 0.6) is 5.75 Å². The number of hydrogen-bond donors (Lipinski definition) is 1. The van der Waals surface area contributed by atoms with E-state index in [1.54, 1.807) is 0 Å². The molecule has 0 bridgehead atoms. The summed E-state index contributed by atoms with van der Waals surface area (Å²) < 4.78 is 126. The third-order valence-corrected chi connectivity index (χ3v) is 9.18. The highest BCUT2D eigenvalue weighted by Crippen LogP contribution is 2.41. The number of halogens is 8. The number of anilines is 2. The van der Waals surface area contributed by atoms with Crippen molar-refractivity contribution in [1.82, 2.24) is 10.3 Å². The van der Waals surface area contributed by atoms with E-state index in [0.29, 0.717) is 25.2 Å². The number of aldehydes is 1. The lowest BCUT2D eigenvalue weighted by Crippen LogP contribution is -2.54. The topological polar surface area (TPSA) is 108 Å². The third-order valence-electron chi connectivity index (χ3n) is 8.73. The zero-order valence-electron chi connectivity index (χ0n) is 31.6. The first-order chi connectivity index (χ1) is 25.8. The first kappa shape index (κ1) is 45.5. The number of carbonyl (C=O) groups is 2. The summed E-state index contributed by atoms with van der Waals surface area (Å²) in [4.78, 5) is 29.8. The third kappa shape index (κ3) is 11.1. The molecular formula is C38H41F8N5O4S. The van der Waals surface area contributed by atoms with Crippen LogP contribution in [0.1, 0.15) is 71.1 Å². The molecule has 0 aliphatic heterocycles. The van der Waals surface area contributed by atoms with Gasteiger partial charge in [-0.05, 0) is 81.6 Å². The van der Waals surface area contributed by atoms with Crippen molar-refractivity contribution in [1.29, 1.82) is 5.26 Å². The van der Waals surface area contributed by atoms with Gasteiger partial charge in [-0.25, -0.2) is 8.78 Å². The fourth-order valence-electron chi connectivity index (χ4n) is 5.15. The zero-order valence-corrected chi connectivity index (χ0v) is 32.4. The predicted molar refractivity (Wildman–Crippen MR) is 197 cm³/mol. The number of ether oxygens (including phenoxy) is 2. The molecule has 0 saturated carbocycles. The summed E-state index contributed by atoms with van der Waals surface area (Å²) in [6, 6.07) is 6.39. The molecule has 0 spiro atoms. The van der Waals surface area contributed by atoms with E-state index in [4.69, 9.17) is 27.0 Å². The fraction of sp³-hybridized carbons (Fsp3) is 0.447. The van der Waals surface area contributed by atoms with E-state index in [1.165, 1.54) is 26.0 Å². The molecule has 9 nitrogen and oxygen atoms in total. The molecule has 1 atom stereocenters. The summed E-state index contributed by atoms with van der Waals surface area (Å²) in [5.41, 5.74) is -8.36. The second-order valence-corrected chi connectivity index (χ2v) is 14.7. The number of pyridine rings is 1. The Morgan fingerprint density at radius 3 is 2.20 bits per heavy atom. The van der Waals surface area contributed by atoms with E-state index < -0.39 is 68.3 Å². The van der Waals surface area contributed by atoms with E-state index >= 15 is 8.78 Å². The van der Waals surface area contributed by atoms with E-state index in [9.17, 15) is 35.9 Å². The Bertz CT molecular complexity index is 1960. The number of hydrogen-bond acceptors (Lipinski definition) is 7. The van der Waals surface area contributed by atoms with Gasteiger partial charge in [0.15, 0.2) is 16.7 Å². The lowest BCUT2D eigenvalue weighted by atomic mass is 9.88. The minimum absolute atomic E-state index is 0.00909. The van der Waals surface area contributed by atoms with Gasteiger partial charge in [-0.2, -0.15) is 31.6 Å². The standard InChI is InChI=1S/C38H41F8N5O4S/c1-22(35(2,3)4)49-30(53)20-54-14-8-9-15-55-25-11-12-26(27(17-25)37(41,42)43)33-28(39)16-24(19-48-33)51(36(5,6)21-52)34(56)50(7)29-13-10-23(18-47)31(32(29)40)38(44,45)46/h10-13,16-17,19,21-22H,8-9,14-15,20H2,1-7H3,(H,49,53). The van der Waals surface area contributed by atoms with Crippen LogP contribution in [0.25, 0.3) is 11.3 Å². The first-order valence-corrected chi connectivity index (χ1v) is 17.5. The van der Waals surface area contributed by atoms with Crippen molar-refractivity contribution in [3.63, 3.8) is 0 Å². The van der Waals surface area contributed by atoms with Crippen molar-refractivity contribution in [2.75, 3.05) is 36.7 Å². The number of nitrogens with one attached hydrogen (secondary N) is 1. The highest BCUT2D eigenvalue weighted by molar-refractivity contribution is 7.80. The Balaban J connectivity index is 1.83. The summed E-state index contributed by atoms with van der Waals surface area (Å²) in [6.07, 6.45) is -8.16. The highest BCUT2D eigenvalue weighted by Gasteiger charge is 2.41. The minimum Gasteiger partial charge on any atom is -0.494 e. The number of nitriles is 1. The normalized spacial score (nSPS) is 12.8. The zero-order chi connectivity index (χ0) is 42.4. The molecule has 1 heterocycles. The molecule has 0 fully saturated rings. The maximum Gasteiger partial charge on any atom is 0.420 e. The van der Waals surface area contributed by atoms with Crippen LogP contribution >= 0.6 is 12.2 Å². The van der Waals surface area contributed by atoms with Crippen molar-refractivity contribution >= 4 is 40.9 Å². The van der Waals surface area contributed by atoms with E-state index in [2.05, 4.69) is 10.3 Å². The SMILES string of the molecule is CC(NC(=O)COCCCCOc1ccc(-c2ncc(N(C(=S)N(C)c3ccc(C#N)c(C(F)(F)F)c3F)C(C)(C)C=O)cc2F)c(C(F)(F)F)c1)C(C)(C)C. The van der Waals surface area contributed by atoms with Gasteiger partial charge in [-0.1, -0.05) is 20.8 Å². The average molecular weight is 816 g/mol. The van der Waals surface area contributed by atoms with Gasteiger partial charge < -0.3 is 29.4 Å². The van der Waals surface area contributed by atoms with Gasteiger partial charge in [0.05, 0.1) is 46.9 Å². The number of thiocarbonyl (C=S) groups is 1. The first-order valence-electron chi connectivity index (χ1n) is 17.1. The van der Waals surface area contributed by atoms with Crippen LogP contribution in [0.3, 0.4) is 0 Å². The van der Waals surface area contributed by atoms with Gasteiger partial charge >= 0.3 is 12.4 Å². The summed E-state index contributed by atoms with van der Waals surface area (Å²) in [5, 5.41) is 11.4. The Kier molecular flexibility index (Phi) is 14.6. The van der Waals surface area contributed by atoms with E-state index in [0.717, 1.165) is 47.3 Å². The van der Waals surface area contributed by atoms with Gasteiger partial charge in [0.1, 0.15) is 29.9 Å². The molecule has 0 radical (unpaired) electrons. The van der Waals surface area contributed by atoms with Crippen molar-refractivity contribution in [2.24, 2.45) is 5.41 Å². The largest absolute Gasteiger partial charge is 0.494 e. The van der Waals surface area contributed by atoms with Crippen LogP contribution in [0.15, 0.2) is 42.6 Å². The predicted octanol–water partition coefficient (Wildman–Crippen LogP) is 8.87. The minimum atomic E-state index is -5.26. The Hall–Kier alpha value is -4.89. The van der Waals surface area contributed by atoms with E-state index in [1.807, 2.05) is 27.7 Å². The highest BCUT2D eigenvalue weighted by atomic mass is 32.1. The summed E-state index contributed by atoms with van der Waals surface area (Å²) in [7, 11) is 1.07. The smallest absolute Gasteiger partial charge is 0.420 e. The molecule has 2 aromatic carbocycles.